The van der Waals surface area contributed by atoms with Gasteiger partial charge in [-0.2, -0.15) is 0 Å². The highest BCUT2D eigenvalue weighted by Crippen LogP contribution is 2.21. The minimum Gasteiger partial charge on any atom is -0.478 e. The summed E-state index contributed by atoms with van der Waals surface area (Å²) < 4.78 is 13.0. The van der Waals surface area contributed by atoms with Crippen molar-refractivity contribution in [3.05, 3.63) is 72.2 Å². The van der Waals surface area contributed by atoms with Gasteiger partial charge >= 0.3 is 5.97 Å². The van der Waals surface area contributed by atoms with E-state index in [1.165, 1.54) is 24.3 Å². The molecule has 1 heterocycles. The average molecular weight is 294 g/mol. The normalized spacial score (nSPS) is 10.4. The maximum Gasteiger partial charge on any atom is 0.335 e. The molecule has 0 aliphatic heterocycles. The third kappa shape index (κ3) is 2.83. The van der Waals surface area contributed by atoms with Gasteiger partial charge < -0.3 is 5.11 Å². The Hall–Kier alpha value is -3.08. The maximum absolute atomic E-state index is 13.0. The monoisotopic (exact) mass is 294 g/mol. The summed E-state index contributed by atoms with van der Waals surface area (Å²) in [6.07, 6.45) is 1.59. The van der Waals surface area contributed by atoms with Crippen molar-refractivity contribution in [1.29, 1.82) is 0 Å². The van der Waals surface area contributed by atoms with E-state index in [1.54, 1.807) is 36.5 Å². The SMILES string of the molecule is O=C(O)c1cccc(-c2nccc(-c3ccc(F)cc3)n2)c1. The minimum absolute atomic E-state index is 0.174. The van der Waals surface area contributed by atoms with Crippen molar-refractivity contribution in [2.75, 3.05) is 0 Å². The average Bonchev–Trinajstić information content (AvgIpc) is 2.56. The Morgan fingerprint density at radius 1 is 1.00 bits per heavy atom. The first-order valence-electron chi connectivity index (χ1n) is 6.56. The lowest BCUT2D eigenvalue weighted by Crippen LogP contribution is -1.97. The molecule has 0 atom stereocenters. The fraction of sp³-hybridized carbons (Fsp3) is 0. The van der Waals surface area contributed by atoms with Crippen molar-refractivity contribution in [2.45, 2.75) is 0 Å². The molecule has 2 aromatic carbocycles. The van der Waals surface area contributed by atoms with Gasteiger partial charge in [-0.3, -0.25) is 0 Å². The van der Waals surface area contributed by atoms with Crippen LogP contribution >= 0.6 is 0 Å². The van der Waals surface area contributed by atoms with E-state index in [9.17, 15) is 9.18 Å². The molecular weight excluding hydrogens is 283 g/mol. The molecule has 0 radical (unpaired) electrons. The zero-order valence-electron chi connectivity index (χ0n) is 11.4. The number of benzene rings is 2. The fourth-order valence-electron chi connectivity index (χ4n) is 2.07. The van der Waals surface area contributed by atoms with E-state index in [1.807, 2.05) is 0 Å². The van der Waals surface area contributed by atoms with Crippen molar-refractivity contribution >= 4 is 5.97 Å². The molecule has 4 nitrogen and oxygen atoms in total. The largest absolute Gasteiger partial charge is 0.478 e. The van der Waals surface area contributed by atoms with E-state index < -0.39 is 5.97 Å². The van der Waals surface area contributed by atoms with E-state index in [0.717, 1.165) is 5.56 Å². The number of hydrogen-bond acceptors (Lipinski definition) is 3. The van der Waals surface area contributed by atoms with E-state index >= 15 is 0 Å². The third-order valence-electron chi connectivity index (χ3n) is 3.16. The fourth-order valence-corrected chi connectivity index (χ4v) is 2.07. The highest BCUT2D eigenvalue weighted by molar-refractivity contribution is 5.89. The number of halogens is 1. The highest BCUT2D eigenvalue weighted by Gasteiger charge is 2.08. The first-order valence-corrected chi connectivity index (χ1v) is 6.56. The van der Waals surface area contributed by atoms with Crippen molar-refractivity contribution in [3.8, 4) is 22.6 Å². The first-order chi connectivity index (χ1) is 10.6. The molecule has 0 aliphatic rings. The lowest BCUT2D eigenvalue weighted by Gasteiger charge is -2.05. The molecule has 0 saturated carbocycles. The molecule has 1 N–H and O–H groups in total. The van der Waals surface area contributed by atoms with E-state index in [-0.39, 0.29) is 11.4 Å². The van der Waals surface area contributed by atoms with Gasteiger partial charge in [0.1, 0.15) is 5.82 Å². The first kappa shape index (κ1) is 13.9. The van der Waals surface area contributed by atoms with Gasteiger partial charge in [-0.05, 0) is 42.5 Å². The highest BCUT2D eigenvalue weighted by atomic mass is 19.1. The molecule has 22 heavy (non-hydrogen) atoms. The summed E-state index contributed by atoms with van der Waals surface area (Å²) in [5.41, 5.74) is 2.20. The van der Waals surface area contributed by atoms with Crippen LogP contribution in [0.1, 0.15) is 10.4 Å². The van der Waals surface area contributed by atoms with Gasteiger partial charge in [0.05, 0.1) is 11.3 Å². The third-order valence-corrected chi connectivity index (χ3v) is 3.16. The summed E-state index contributed by atoms with van der Waals surface area (Å²) >= 11 is 0. The second-order valence-corrected chi connectivity index (χ2v) is 4.66. The van der Waals surface area contributed by atoms with Gasteiger partial charge in [0, 0.05) is 17.3 Å². The van der Waals surface area contributed by atoms with E-state index in [4.69, 9.17) is 5.11 Å². The van der Waals surface area contributed by atoms with Gasteiger partial charge in [-0.25, -0.2) is 19.2 Å². The Morgan fingerprint density at radius 3 is 2.50 bits per heavy atom. The summed E-state index contributed by atoms with van der Waals surface area (Å²) in [6.45, 7) is 0. The van der Waals surface area contributed by atoms with Crippen molar-refractivity contribution in [2.24, 2.45) is 0 Å². The molecule has 0 bridgehead atoms. The van der Waals surface area contributed by atoms with Gasteiger partial charge in [0.15, 0.2) is 5.82 Å². The van der Waals surface area contributed by atoms with E-state index in [2.05, 4.69) is 9.97 Å². The molecule has 3 aromatic rings. The zero-order valence-corrected chi connectivity index (χ0v) is 11.4. The number of aromatic carboxylic acids is 1. The molecule has 0 saturated heterocycles. The Bertz CT molecular complexity index is 832. The maximum atomic E-state index is 13.0. The number of hydrogen-bond donors (Lipinski definition) is 1. The minimum atomic E-state index is -1.00. The van der Waals surface area contributed by atoms with Gasteiger partial charge in [0.2, 0.25) is 0 Å². The lowest BCUT2D eigenvalue weighted by atomic mass is 10.1. The van der Waals surface area contributed by atoms with Crippen LogP contribution in [0.4, 0.5) is 4.39 Å². The van der Waals surface area contributed by atoms with Crippen LogP contribution in [0.5, 0.6) is 0 Å². The number of nitrogens with zero attached hydrogens (tertiary/aromatic N) is 2. The predicted molar refractivity (Wildman–Crippen MR) is 79.8 cm³/mol. The molecule has 108 valence electrons. The summed E-state index contributed by atoms with van der Waals surface area (Å²) in [6, 6.07) is 14.1. The predicted octanol–water partition coefficient (Wildman–Crippen LogP) is 3.65. The van der Waals surface area contributed by atoms with Crippen LogP contribution < -0.4 is 0 Å². The van der Waals surface area contributed by atoms with Gasteiger partial charge in [-0.1, -0.05) is 12.1 Å². The van der Waals surface area contributed by atoms with Crippen molar-refractivity contribution in [3.63, 3.8) is 0 Å². The van der Waals surface area contributed by atoms with Gasteiger partial charge in [0.25, 0.3) is 0 Å². The number of aromatic nitrogens is 2. The van der Waals surface area contributed by atoms with Crippen LogP contribution in [-0.4, -0.2) is 21.0 Å². The zero-order chi connectivity index (χ0) is 15.5. The number of rotatable bonds is 3. The Kier molecular flexibility index (Phi) is 3.62. The number of carboxylic acids is 1. The molecule has 0 amide bonds. The molecule has 0 aliphatic carbocycles. The Labute approximate surface area is 125 Å². The molecular formula is C17H11FN2O2. The number of carbonyl (C=O) groups is 1. The van der Waals surface area contributed by atoms with Gasteiger partial charge in [-0.15, -0.1) is 0 Å². The lowest BCUT2D eigenvalue weighted by molar-refractivity contribution is 0.0697. The molecule has 5 heteroatoms. The van der Waals surface area contributed by atoms with Crippen molar-refractivity contribution < 1.29 is 14.3 Å². The molecule has 0 spiro atoms. The summed E-state index contributed by atoms with van der Waals surface area (Å²) in [5, 5.41) is 9.04. The van der Waals surface area contributed by atoms with Crippen LogP contribution in [0.2, 0.25) is 0 Å². The van der Waals surface area contributed by atoms with E-state index in [0.29, 0.717) is 17.1 Å². The standard InChI is InChI=1S/C17H11FN2O2/c18-14-6-4-11(5-7-14)15-8-9-19-16(20-15)12-2-1-3-13(10-12)17(21)22/h1-10H,(H,21,22). The van der Waals surface area contributed by atoms with Crippen LogP contribution in [0.15, 0.2) is 60.8 Å². The Balaban J connectivity index is 2.02. The second kappa shape index (κ2) is 5.73. The van der Waals surface area contributed by atoms with Crippen LogP contribution in [0.3, 0.4) is 0 Å². The Morgan fingerprint density at radius 2 is 1.77 bits per heavy atom. The van der Waals surface area contributed by atoms with Crippen LogP contribution in [0.25, 0.3) is 22.6 Å². The van der Waals surface area contributed by atoms with Crippen LogP contribution in [0, 0.1) is 5.82 Å². The molecule has 3 rings (SSSR count). The summed E-state index contributed by atoms with van der Waals surface area (Å²) in [5.74, 6) is -0.895. The quantitative estimate of drug-likeness (QED) is 0.801. The van der Waals surface area contributed by atoms with Crippen molar-refractivity contribution in [1.82, 2.24) is 9.97 Å². The second-order valence-electron chi connectivity index (χ2n) is 4.66. The topological polar surface area (TPSA) is 63.1 Å². The molecule has 1 aromatic heterocycles. The molecule has 0 fully saturated rings. The number of carboxylic acid groups (broad SMARTS) is 1. The smallest absolute Gasteiger partial charge is 0.335 e. The summed E-state index contributed by atoms with van der Waals surface area (Å²) in [7, 11) is 0. The molecule has 0 unspecified atom stereocenters. The van der Waals surface area contributed by atoms with Crippen LogP contribution in [-0.2, 0) is 0 Å². The summed E-state index contributed by atoms with van der Waals surface area (Å²) in [4.78, 5) is 19.6.